The maximum absolute atomic E-state index is 11.1. The second-order valence-corrected chi connectivity index (χ2v) is 3.57. The number of unbranched alkanes of at least 4 members (excludes halogenated alkanes) is 5. The molecule has 0 aromatic heterocycles. The Morgan fingerprint density at radius 3 is 2.15 bits per heavy atom. The lowest BCUT2D eigenvalue weighted by atomic mass is 10.1. The second-order valence-electron chi connectivity index (χ2n) is 3.57. The summed E-state index contributed by atoms with van der Waals surface area (Å²) in [7, 11) is 0. The molecule has 13 heavy (non-hydrogen) atoms. The van der Waals surface area contributed by atoms with E-state index in [1.54, 1.807) is 6.92 Å². The Morgan fingerprint density at radius 2 is 1.62 bits per heavy atom. The van der Waals surface area contributed by atoms with E-state index in [0.29, 0.717) is 12.0 Å². The molecule has 0 aromatic rings. The SMILES string of the molecule is [CH2]CCCCCCCC(=O)C(=C)C. The van der Waals surface area contributed by atoms with Crippen LogP contribution in [0.15, 0.2) is 12.2 Å². The highest BCUT2D eigenvalue weighted by atomic mass is 16.1. The van der Waals surface area contributed by atoms with Crippen LogP contribution in [0.1, 0.15) is 51.9 Å². The highest BCUT2D eigenvalue weighted by molar-refractivity contribution is 5.93. The summed E-state index contributed by atoms with van der Waals surface area (Å²) in [5.74, 6) is 0.220. The average molecular weight is 181 g/mol. The fraction of sp³-hybridized carbons (Fsp3) is 0.667. The summed E-state index contributed by atoms with van der Waals surface area (Å²) in [6.45, 7) is 9.20. The Morgan fingerprint density at radius 1 is 1.08 bits per heavy atom. The molecule has 1 nitrogen and oxygen atoms in total. The summed E-state index contributed by atoms with van der Waals surface area (Å²) in [5.41, 5.74) is 0.692. The first-order chi connectivity index (χ1) is 6.18. The molecule has 75 valence electrons. The number of carbonyl (C=O) groups is 1. The van der Waals surface area contributed by atoms with Gasteiger partial charge in [-0.1, -0.05) is 45.6 Å². The molecule has 0 aliphatic heterocycles. The Bertz CT molecular complexity index is 159. The predicted octanol–water partition coefficient (Wildman–Crippen LogP) is 3.70. The van der Waals surface area contributed by atoms with E-state index >= 15 is 0 Å². The maximum atomic E-state index is 11.1. The van der Waals surface area contributed by atoms with Gasteiger partial charge in [0.05, 0.1) is 0 Å². The van der Waals surface area contributed by atoms with Crippen molar-refractivity contribution in [3.05, 3.63) is 19.1 Å². The van der Waals surface area contributed by atoms with Gasteiger partial charge in [-0.05, 0) is 18.9 Å². The van der Waals surface area contributed by atoms with Crippen LogP contribution in [0.25, 0.3) is 0 Å². The summed E-state index contributed by atoms with van der Waals surface area (Å²) in [4.78, 5) is 11.1. The molecule has 0 N–H and O–H groups in total. The van der Waals surface area contributed by atoms with Crippen molar-refractivity contribution >= 4 is 5.78 Å². The van der Waals surface area contributed by atoms with Crippen LogP contribution in [0.3, 0.4) is 0 Å². The molecule has 0 heterocycles. The summed E-state index contributed by atoms with van der Waals surface area (Å²) in [6.07, 6.45) is 7.60. The minimum atomic E-state index is 0.220. The Labute approximate surface area is 82.2 Å². The molecule has 0 aliphatic rings. The number of ketones is 1. The molecule has 1 radical (unpaired) electrons. The van der Waals surface area contributed by atoms with Crippen molar-refractivity contribution in [3.63, 3.8) is 0 Å². The third-order valence-electron chi connectivity index (χ3n) is 2.13. The first-order valence-corrected chi connectivity index (χ1v) is 5.16. The van der Waals surface area contributed by atoms with Gasteiger partial charge in [0.25, 0.3) is 0 Å². The Balaban J connectivity index is 3.16. The van der Waals surface area contributed by atoms with E-state index in [4.69, 9.17) is 0 Å². The topological polar surface area (TPSA) is 17.1 Å². The summed E-state index contributed by atoms with van der Waals surface area (Å²) in [5, 5.41) is 0. The number of hydrogen-bond acceptors (Lipinski definition) is 1. The molecule has 0 amide bonds. The van der Waals surface area contributed by atoms with E-state index < -0.39 is 0 Å². The number of allylic oxidation sites excluding steroid dienone is 1. The summed E-state index contributed by atoms with van der Waals surface area (Å²) in [6, 6.07) is 0. The normalized spacial score (nSPS) is 10.0. The van der Waals surface area contributed by atoms with Crippen molar-refractivity contribution in [2.75, 3.05) is 0 Å². The average Bonchev–Trinajstić information content (AvgIpc) is 2.10. The van der Waals surface area contributed by atoms with Crippen molar-refractivity contribution in [1.82, 2.24) is 0 Å². The number of rotatable bonds is 8. The van der Waals surface area contributed by atoms with Gasteiger partial charge in [-0.3, -0.25) is 4.79 Å². The molecule has 0 rings (SSSR count). The zero-order valence-electron chi connectivity index (χ0n) is 8.77. The number of carbonyl (C=O) groups excluding carboxylic acids is 1. The lowest BCUT2D eigenvalue weighted by Gasteiger charge is -2.00. The molecule has 0 fully saturated rings. The minimum absolute atomic E-state index is 0.220. The Hall–Kier alpha value is -0.590. The van der Waals surface area contributed by atoms with Gasteiger partial charge < -0.3 is 0 Å². The van der Waals surface area contributed by atoms with Gasteiger partial charge in [-0.25, -0.2) is 0 Å². The lowest BCUT2D eigenvalue weighted by molar-refractivity contribution is -0.115. The van der Waals surface area contributed by atoms with Crippen LogP contribution < -0.4 is 0 Å². The van der Waals surface area contributed by atoms with Crippen LogP contribution in [0, 0.1) is 6.92 Å². The van der Waals surface area contributed by atoms with Crippen LogP contribution in [0.2, 0.25) is 0 Å². The monoisotopic (exact) mass is 181 g/mol. The van der Waals surface area contributed by atoms with Gasteiger partial charge >= 0.3 is 0 Å². The molecule has 0 aliphatic carbocycles. The minimum Gasteiger partial charge on any atom is -0.295 e. The van der Waals surface area contributed by atoms with Gasteiger partial charge in [-0.2, -0.15) is 0 Å². The molecule has 0 saturated carbocycles. The van der Waals surface area contributed by atoms with Gasteiger partial charge in [0, 0.05) is 6.42 Å². The summed E-state index contributed by atoms with van der Waals surface area (Å²) < 4.78 is 0. The molecule has 0 bridgehead atoms. The molecular weight excluding hydrogens is 160 g/mol. The fourth-order valence-corrected chi connectivity index (χ4v) is 1.21. The third kappa shape index (κ3) is 7.76. The maximum Gasteiger partial charge on any atom is 0.157 e. The highest BCUT2D eigenvalue weighted by Gasteiger charge is 2.00. The Kier molecular flexibility index (Phi) is 7.66. The molecule has 0 spiro atoms. The zero-order valence-corrected chi connectivity index (χ0v) is 8.77. The molecule has 0 atom stereocenters. The van der Waals surface area contributed by atoms with Crippen LogP contribution in [-0.4, -0.2) is 5.78 Å². The predicted molar refractivity (Wildman–Crippen MR) is 57.5 cm³/mol. The van der Waals surface area contributed by atoms with E-state index in [2.05, 4.69) is 13.5 Å². The van der Waals surface area contributed by atoms with Crippen molar-refractivity contribution in [2.45, 2.75) is 51.9 Å². The number of Topliss-reactive ketones (excluding diaryl/α,β-unsaturated/α-hetero) is 1. The van der Waals surface area contributed by atoms with Gasteiger partial charge in [0.2, 0.25) is 0 Å². The van der Waals surface area contributed by atoms with Crippen molar-refractivity contribution in [3.8, 4) is 0 Å². The molecule has 0 aromatic carbocycles. The first-order valence-electron chi connectivity index (χ1n) is 5.16. The van der Waals surface area contributed by atoms with Crippen LogP contribution in [-0.2, 0) is 4.79 Å². The third-order valence-corrected chi connectivity index (χ3v) is 2.13. The van der Waals surface area contributed by atoms with Crippen LogP contribution >= 0.6 is 0 Å². The van der Waals surface area contributed by atoms with Crippen LogP contribution in [0.4, 0.5) is 0 Å². The highest BCUT2D eigenvalue weighted by Crippen LogP contribution is 2.08. The molecule has 0 unspecified atom stereocenters. The molecule has 0 saturated heterocycles. The number of hydrogen-bond donors (Lipinski definition) is 0. The van der Waals surface area contributed by atoms with Crippen LogP contribution in [0.5, 0.6) is 0 Å². The fourth-order valence-electron chi connectivity index (χ4n) is 1.21. The van der Waals surface area contributed by atoms with E-state index in [1.165, 1.54) is 25.7 Å². The first kappa shape index (κ1) is 12.4. The second kappa shape index (κ2) is 8.03. The lowest BCUT2D eigenvalue weighted by Crippen LogP contribution is -1.97. The van der Waals surface area contributed by atoms with Crippen molar-refractivity contribution in [2.24, 2.45) is 0 Å². The van der Waals surface area contributed by atoms with Crippen molar-refractivity contribution < 1.29 is 4.79 Å². The molecule has 1 heteroatoms. The van der Waals surface area contributed by atoms with Crippen molar-refractivity contribution in [1.29, 1.82) is 0 Å². The molecular formula is C12H21O. The quantitative estimate of drug-likeness (QED) is 0.412. The smallest absolute Gasteiger partial charge is 0.157 e. The van der Waals surface area contributed by atoms with Gasteiger partial charge in [0.15, 0.2) is 5.78 Å². The van der Waals surface area contributed by atoms with E-state index in [0.717, 1.165) is 12.8 Å². The van der Waals surface area contributed by atoms with Gasteiger partial charge in [-0.15, -0.1) is 0 Å². The largest absolute Gasteiger partial charge is 0.295 e. The summed E-state index contributed by atoms with van der Waals surface area (Å²) >= 11 is 0. The van der Waals surface area contributed by atoms with E-state index in [9.17, 15) is 4.79 Å². The van der Waals surface area contributed by atoms with Gasteiger partial charge in [0.1, 0.15) is 0 Å². The zero-order chi connectivity index (χ0) is 10.1. The van der Waals surface area contributed by atoms with E-state index in [1.807, 2.05) is 0 Å². The van der Waals surface area contributed by atoms with E-state index in [-0.39, 0.29) is 5.78 Å². The standard InChI is InChI=1S/C12H21O/c1-4-5-6-7-8-9-10-12(13)11(2)3/h1-2,4-10H2,3H3.